The van der Waals surface area contributed by atoms with E-state index >= 15 is 0 Å². The lowest BCUT2D eigenvalue weighted by molar-refractivity contribution is -0.146. The van der Waals surface area contributed by atoms with E-state index in [2.05, 4.69) is 4.74 Å². The van der Waals surface area contributed by atoms with Crippen molar-refractivity contribution in [1.82, 2.24) is 0 Å². The number of ether oxygens (including phenoxy) is 5. The number of para-hydroxylation sites is 1. The minimum atomic E-state index is -0.392. The summed E-state index contributed by atoms with van der Waals surface area (Å²) in [7, 11) is 1.32. The number of hydrogen-bond acceptors (Lipinski definition) is 6. The molecule has 0 unspecified atom stereocenters. The van der Waals surface area contributed by atoms with E-state index in [1.54, 1.807) is 0 Å². The van der Waals surface area contributed by atoms with Crippen molar-refractivity contribution in [2.24, 2.45) is 0 Å². The van der Waals surface area contributed by atoms with Gasteiger partial charge in [0.15, 0.2) is 0 Å². The highest BCUT2D eigenvalue weighted by molar-refractivity contribution is 5.70. The molecule has 0 fully saturated rings. The molecule has 0 spiro atoms. The van der Waals surface area contributed by atoms with Crippen LogP contribution in [0, 0.1) is 0 Å². The van der Waals surface area contributed by atoms with E-state index in [-0.39, 0.29) is 6.61 Å². The molecule has 0 atom stereocenters. The summed E-state index contributed by atoms with van der Waals surface area (Å²) in [6.45, 7) is 2.71. The van der Waals surface area contributed by atoms with Crippen LogP contribution in [0.4, 0.5) is 0 Å². The average Bonchev–Trinajstić information content (AvgIpc) is 2.53. The normalized spacial score (nSPS) is 10.3. The van der Waals surface area contributed by atoms with Crippen LogP contribution in [0.15, 0.2) is 30.3 Å². The minimum absolute atomic E-state index is 0.0484. The van der Waals surface area contributed by atoms with Gasteiger partial charge in [0, 0.05) is 0 Å². The Morgan fingerprint density at radius 1 is 0.857 bits per heavy atom. The SMILES string of the molecule is COC(=O)COCCOCCOCCOc1ccccc1. The highest BCUT2D eigenvalue weighted by Gasteiger charge is 1.98. The first kappa shape index (κ1) is 17.4. The molecule has 0 saturated carbocycles. The van der Waals surface area contributed by atoms with Gasteiger partial charge in [-0.3, -0.25) is 0 Å². The van der Waals surface area contributed by atoms with Crippen LogP contribution in [0.5, 0.6) is 5.75 Å². The number of methoxy groups -OCH3 is 1. The Labute approximate surface area is 124 Å². The second kappa shape index (κ2) is 12.1. The first-order chi connectivity index (χ1) is 10.3. The van der Waals surface area contributed by atoms with Gasteiger partial charge in [0.05, 0.1) is 40.1 Å². The molecule has 0 radical (unpaired) electrons. The molecule has 6 heteroatoms. The third-order valence-corrected chi connectivity index (χ3v) is 2.43. The number of rotatable bonds is 12. The van der Waals surface area contributed by atoms with Gasteiger partial charge in [-0.1, -0.05) is 18.2 Å². The monoisotopic (exact) mass is 298 g/mol. The van der Waals surface area contributed by atoms with Gasteiger partial charge in [0.2, 0.25) is 0 Å². The zero-order chi connectivity index (χ0) is 15.2. The maximum Gasteiger partial charge on any atom is 0.331 e. The summed E-state index contributed by atoms with van der Waals surface area (Å²) in [4.78, 5) is 10.7. The van der Waals surface area contributed by atoms with Crippen LogP contribution >= 0.6 is 0 Å². The van der Waals surface area contributed by atoms with E-state index in [0.29, 0.717) is 39.6 Å². The molecule has 1 aromatic carbocycles. The Morgan fingerprint density at radius 2 is 1.43 bits per heavy atom. The Morgan fingerprint density at radius 3 is 2.05 bits per heavy atom. The van der Waals surface area contributed by atoms with Crippen molar-refractivity contribution in [3.63, 3.8) is 0 Å². The van der Waals surface area contributed by atoms with Crippen molar-refractivity contribution in [1.29, 1.82) is 0 Å². The molecule has 0 N–H and O–H groups in total. The molecule has 0 bridgehead atoms. The van der Waals surface area contributed by atoms with Crippen LogP contribution in [0.2, 0.25) is 0 Å². The molecule has 118 valence electrons. The molecule has 6 nitrogen and oxygen atoms in total. The number of carbonyl (C=O) groups is 1. The van der Waals surface area contributed by atoms with Crippen molar-refractivity contribution < 1.29 is 28.5 Å². The fourth-order valence-corrected chi connectivity index (χ4v) is 1.39. The van der Waals surface area contributed by atoms with Crippen LogP contribution in [0.25, 0.3) is 0 Å². The minimum Gasteiger partial charge on any atom is -0.491 e. The van der Waals surface area contributed by atoms with Gasteiger partial charge < -0.3 is 23.7 Å². The summed E-state index contributed by atoms with van der Waals surface area (Å²) in [5.74, 6) is 0.442. The highest BCUT2D eigenvalue weighted by atomic mass is 16.6. The number of benzene rings is 1. The van der Waals surface area contributed by atoms with Crippen LogP contribution < -0.4 is 4.74 Å². The van der Waals surface area contributed by atoms with Crippen LogP contribution in [0.1, 0.15) is 0 Å². The lowest BCUT2D eigenvalue weighted by atomic mass is 10.3. The molecule has 1 aromatic rings. The van der Waals surface area contributed by atoms with Crippen molar-refractivity contribution in [2.75, 3.05) is 53.4 Å². The molecule has 21 heavy (non-hydrogen) atoms. The highest BCUT2D eigenvalue weighted by Crippen LogP contribution is 2.07. The molecular weight excluding hydrogens is 276 g/mol. The molecule has 0 aromatic heterocycles. The second-order valence-corrected chi connectivity index (χ2v) is 4.01. The van der Waals surface area contributed by atoms with Gasteiger partial charge >= 0.3 is 5.97 Å². The summed E-state index contributed by atoms with van der Waals surface area (Å²) >= 11 is 0. The predicted octanol–water partition coefficient (Wildman–Crippen LogP) is 1.29. The van der Waals surface area contributed by atoms with E-state index in [1.165, 1.54) is 7.11 Å². The Bertz CT molecular complexity index is 368. The Balaban J connectivity index is 1.80. The maximum absolute atomic E-state index is 10.7. The Hall–Kier alpha value is -1.63. The topological polar surface area (TPSA) is 63.2 Å². The fraction of sp³-hybridized carbons (Fsp3) is 0.533. The largest absolute Gasteiger partial charge is 0.491 e. The Kier molecular flexibility index (Phi) is 10.1. The summed E-state index contributed by atoms with van der Waals surface area (Å²) in [6.07, 6.45) is 0. The summed E-state index contributed by atoms with van der Waals surface area (Å²) < 4.78 is 25.5. The van der Waals surface area contributed by atoms with Gasteiger partial charge in [-0.2, -0.15) is 0 Å². The summed E-state index contributed by atoms with van der Waals surface area (Å²) in [5.41, 5.74) is 0. The molecule has 0 aliphatic rings. The first-order valence-corrected chi connectivity index (χ1v) is 6.81. The van der Waals surface area contributed by atoms with E-state index in [0.717, 1.165) is 5.75 Å². The molecule has 0 saturated heterocycles. The summed E-state index contributed by atoms with van der Waals surface area (Å²) in [6, 6.07) is 9.59. The lowest BCUT2D eigenvalue weighted by Gasteiger charge is -2.07. The smallest absolute Gasteiger partial charge is 0.331 e. The van der Waals surface area contributed by atoms with E-state index in [1.807, 2.05) is 30.3 Å². The van der Waals surface area contributed by atoms with Gasteiger partial charge in [-0.25, -0.2) is 4.79 Å². The lowest BCUT2D eigenvalue weighted by Crippen LogP contribution is -2.15. The standard InChI is InChI=1S/C15H22O6/c1-17-15(16)13-20-10-9-18-7-8-19-11-12-21-14-5-3-2-4-6-14/h2-6H,7-13H2,1H3. The fourth-order valence-electron chi connectivity index (χ4n) is 1.39. The maximum atomic E-state index is 10.7. The van der Waals surface area contributed by atoms with E-state index in [9.17, 15) is 4.79 Å². The van der Waals surface area contributed by atoms with Gasteiger partial charge in [-0.15, -0.1) is 0 Å². The van der Waals surface area contributed by atoms with Crippen molar-refractivity contribution >= 4 is 5.97 Å². The van der Waals surface area contributed by atoms with Gasteiger partial charge in [0.25, 0.3) is 0 Å². The molecule has 1 rings (SSSR count). The third-order valence-electron chi connectivity index (χ3n) is 2.43. The zero-order valence-corrected chi connectivity index (χ0v) is 12.3. The van der Waals surface area contributed by atoms with E-state index < -0.39 is 5.97 Å². The van der Waals surface area contributed by atoms with E-state index in [4.69, 9.17) is 18.9 Å². The molecule has 0 aliphatic carbocycles. The van der Waals surface area contributed by atoms with Crippen LogP contribution in [0.3, 0.4) is 0 Å². The van der Waals surface area contributed by atoms with Crippen molar-refractivity contribution in [3.8, 4) is 5.75 Å². The summed E-state index contributed by atoms with van der Waals surface area (Å²) in [5, 5.41) is 0. The second-order valence-electron chi connectivity index (χ2n) is 4.01. The third kappa shape index (κ3) is 9.84. The quantitative estimate of drug-likeness (QED) is 0.428. The molecular formula is C15H22O6. The number of hydrogen-bond donors (Lipinski definition) is 0. The molecule has 0 heterocycles. The van der Waals surface area contributed by atoms with Crippen LogP contribution in [-0.2, 0) is 23.7 Å². The van der Waals surface area contributed by atoms with Crippen molar-refractivity contribution in [3.05, 3.63) is 30.3 Å². The first-order valence-electron chi connectivity index (χ1n) is 6.81. The van der Waals surface area contributed by atoms with Crippen LogP contribution in [-0.4, -0.2) is 59.3 Å². The average molecular weight is 298 g/mol. The predicted molar refractivity (Wildman–Crippen MR) is 76.4 cm³/mol. The van der Waals surface area contributed by atoms with Gasteiger partial charge in [0.1, 0.15) is 19.0 Å². The molecule has 0 aliphatic heterocycles. The zero-order valence-electron chi connectivity index (χ0n) is 12.3. The number of esters is 1. The van der Waals surface area contributed by atoms with Gasteiger partial charge in [-0.05, 0) is 12.1 Å². The number of carbonyl (C=O) groups excluding carboxylic acids is 1. The molecule has 0 amide bonds. The van der Waals surface area contributed by atoms with Crippen molar-refractivity contribution in [2.45, 2.75) is 0 Å².